The summed E-state index contributed by atoms with van der Waals surface area (Å²) >= 11 is 1.74. The van der Waals surface area contributed by atoms with E-state index >= 15 is 0 Å². The molecule has 6 heteroatoms. The van der Waals surface area contributed by atoms with Gasteiger partial charge in [-0.2, -0.15) is 0 Å². The molecule has 0 aliphatic rings. The quantitative estimate of drug-likeness (QED) is 0.444. The molecule has 0 radical (unpaired) electrons. The molecule has 0 saturated heterocycles. The Morgan fingerprint density at radius 2 is 1.64 bits per heavy atom. The minimum absolute atomic E-state index is 0. The highest BCUT2D eigenvalue weighted by Crippen LogP contribution is 2.26. The Labute approximate surface area is 159 Å². The third-order valence-electron chi connectivity index (χ3n) is 3.27. The van der Waals surface area contributed by atoms with Gasteiger partial charge < -0.3 is 14.8 Å². The average Bonchev–Trinajstić information content (AvgIpc) is 2.60. The summed E-state index contributed by atoms with van der Waals surface area (Å²) in [6, 6.07) is 14.3. The minimum Gasteiger partial charge on any atom is -0.490 e. The van der Waals surface area contributed by atoms with Crippen LogP contribution in [0.5, 0.6) is 11.5 Å². The lowest BCUT2D eigenvalue weighted by atomic mass is 10.3. The number of para-hydroxylation sites is 2. The van der Waals surface area contributed by atoms with E-state index in [1.807, 2.05) is 43.3 Å². The Balaban J connectivity index is 0.00000312. The molecule has 0 aromatic heterocycles. The average molecular weight is 386 g/mol. The van der Waals surface area contributed by atoms with E-state index in [-0.39, 0.29) is 18.2 Å². The van der Waals surface area contributed by atoms with Gasteiger partial charge in [-0.3, -0.25) is 0 Å². The van der Waals surface area contributed by atoms with Crippen molar-refractivity contribution >= 4 is 24.2 Å². The number of rotatable bonds is 11. The lowest BCUT2D eigenvalue weighted by Crippen LogP contribution is -2.22. The largest absolute Gasteiger partial charge is 0.490 e. The molecule has 0 heterocycles. The first-order valence-electron chi connectivity index (χ1n) is 8.23. The van der Waals surface area contributed by atoms with E-state index < -0.39 is 0 Å². The fourth-order valence-corrected chi connectivity index (χ4v) is 2.97. The van der Waals surface area contributed by atoms with Crippen LogP contribution < -0.4 is 14.8 Å². The van der Waals surface area contributed by atoms with Crippen LogP contribution in [0.3, 0.4) is 0 Å². The van der Waals surface area contributed by atoms with E-state index in [1.165, 1.54) is 12.1 Å². The molecule has 1 N–H and O–H groups in total. The minimum atomic E-state index is -0.188. The summed E-state index contributed by atoms with van der Waals surface area (Å²) in [5.74, 6) is 2.39. The van der Waals surface area contributed by atoms with Crippen molar-refractivity contribution in [3.8, 4) is 11.5 Å². The van der Waals surface area contributed by atoms with Crippen LogP contribution in [-0.2, 0) is 0 Å². The zero-order valence-corrected chi connectivity index (χ0v) is 16.0. The maximum Gasteiger partial charge on any atom is 0.161 e. The van der Waals surface area contributed by atoms with Gasteiger partial charge in [-0.05, 0) is 62.0 Å². The van der Waals surface area contributed by atoms with Gasteiger partial charge in [0.25, 0.3) is 0 Å². The fraction of sp³-hybridized carbons (Fsp3) is 0.368. The lowest BCUT2D eigenvalue weighted by Gasteiger charge is -2.11. The van der Waals surface area contributed by atoms with Gasteiger partial charge in [0.15, 0.2) is 11.5 Å². The van der Waals surface area contributed by atoms with Crippen molar-refractivity contribution in [2.24, 2.45) is 0 Å². The number of nitrogens with one attached hydrogen (secondary N) is 1. The van der Waals surface area contributed by atoms with Gasteiger partial charge in [-0.1, -0.05) is 12.1 Å². The Morgan fingerprint density at radius 1 is 0.960 bits per heavy atom. The Kier molecular flexibility index (Phi) is 11.1. The molecule has 0 fully saturated rings. The summed E-state index contributed by atoms with van der Waals surface area (Å²) in [4.78, 5) is 1.10. The monoisotopic (exact) mass is 385 g/mol. The zero-order chi connectivity index (χ0) is 17.0. The molecular weight excluding hydrogens is 361 g/mol. The number of benzene rings is 2. The Bertz CT molecular complexity index is 598. The molecule has 3 nitrogen and oxygen atoms in total. The van der Waals surface area contributed by atoms with Crippen LogP contribution in [-0.4, -0.2) is 32.1 Å². The molecule has 2 aromatic carbocycles. The molecule has 0 unspecified atom stereocenters. The Morgan fingerprint density at radius 3 is 2.32 bits per heavy atom. The molecule has 0 aliphatic carbocycles. The highest BCUT2D eigenvalue weighted by atomic mass is 35.5. The van der Waals surface area contributed by atoms with E-state index in [9.17, 15) is 4.39 Å². The summed E-state index contributed by atoms with van der Waals surface area (Å²) in [7, 11) is 0. The SMILES string of the molecule is CCOc1ccccc1OCCNCCCSc1ccc(F)cc1.Cl. The molecule has 0 saturated carbocycles. The van der Waals surface area contributed by atoms with E-state index in [4.69, 9.17) is 9.47 Å². The van der Waals surface area contributed by atoms with E-state index in [1.54, 1.807) is 11.8 Å². The van der Waals surface area contributed by atoms with Crippen molar-refractivity contribution in [1.82, 2.24) is 5.32 Å². The van der Waals surface area contributed by atoms with Crippen LogP contribution >= 0.6 is 24.2 Å². The van der Waals surface area contributed by atoms with Crippen molar-refractivity contribution in [1.29, 1.82) is 0 Å². The predicted molar refractivity (Wildman–Crippen MR) is 105 cm³/mol. The van der Waals surface area contributed by atoms with E-state index in [0.29, 0.717) is 13.2 Å². The molecule has 0 atom stereocenters. The number of thioether (sulfide) groups is 1. The van der Waals surface area contributed by atoms with Crippen molar-refractivity contribution in [3.05, 3.63) is 54.3 Å². The number of hydrogen-bond donors (Lipinski definition) is 1. The number of ether oxygens (including phenoxy) is 2. The second-order valence-corrected chi connectivity index (χ2v) is 6.30. The van der Waals surface area contributed by atoms with Gasteiger partial charge in [0.1, 0.15) is 12.4 Å². The first-order valence-corrected chi connectivity index (χ1v) is 9.22. The van der Waals surface area contributed by atoms with E-state index in [2.05, 4.69) is 5.32 Å². The van der Waals surface area contributed by atoms with Gasteiger partial charge in [0.05, 0.1) is 6.61 Å². The molecule has 0 amide bonds. The van der Waals surface area contributed by atoms with Gasteiger partial charge in [-0.15, -0.1) is 24.2 Å². The number of hydrogen-bond acceptors (Lipinski definition) is 4. The molecule has 0 aliphatic heterocycles. The topological polar surface area (TPSA) is 30.5 Å². The normalized spacial score (nSPS) is 10.2. The van der Waals surface area contributed by atoms with E-state index in [0.717, 1.165) is 41.7 Å². The second-order valence-electron chi connectivity index (χ2n) is 5.13. The first kappa shape index (κ1) is 21.6. The maximum atomic E-state index is 12.8. The highest BCUT2D eigenvalue weighted by molar-refractivity contribution is 7.99. The van der Waals surface area contributed by atoms with Gasteiger partial charge in [0.2, 0.25) is 0 Å². The lowest BCUT2D eigenvalue weighted by molar-refractivity contribution is 0.276. The van der Waals surface area contributed by atoms with Crippen molar-refractivity contribution in [3.63, 3.8) is 0 Å². The molecule has 0 bridgehead atoms. The standard InChI is InChI=1S/C19H24FNO2S.ClH/c1-2-22-18-6-3-4-7-19(18)23-14-13-21-12-5-15-24-17-10-8-16(20)9-11-17;/h3-4,6-11,21H,2,5,12-15H2,1H3;1H. The summed E-state index contributed by atoms with van der Waals surface area (Å²) in [6.07, 6.45) is 1.05. The highest BCUT2D eigenvalue weighted by Gasteiger charge is 2.02. The summed E-state index contributed by atoms with van der Waals surface area (Å²) < 4.78 is 24.1. The molecule has 0 spiro atoms. The summed E-state index contributed by atoms with van der Waals surface area (Å²) in [5.41, 5.74) is 0. The third-order valence-corrected chi connectivity index (χ3v) is 4.36. The van der Waals surface area contributed by atoms with Crippen LogP contribution in [0.15, 0.2) is 53.4 Å². The summed E-state index contributed by atoms with van der Waals surface area (Å²) in [5, 5.41) is 3.36. The van der Waals surface area contributed by atoms with Crippen molar-refractivity contribution < 1.29 is 13.9 Å². The van der Waals surface area contributed by atoms with Crippen LogP contribution in [0.1, 0.15) is 13.3 Å². The second kappa shape index (κ2) is 12.9. The summed E-state index contributed by atoms with van der Waals surface area (Å²) in [6.45, 7) is 4.92. The fourth-order valence-electron chi connectivity index (χ4n) is 2.12. The van der Waals surface area contributed by atoms with Crippen LogP contribution in [0, 0.1) is 5.82 Å². The van der Waals surface area contributed by atoms with Crippen LogP contribution in [0.2, 0.25) is 0 Å². The van der Waals surface area contributed by atoms with Crippen LogP contribution in [0.25, 0.3) is 0 Å². The van der Waals surface area contributed by atoms with Crippen molar-refractivity contribution in [2.75, 3.05) is 32.1 Å². The first-order chi connectivity index (χ1) is 11.8. The maximum absolute atomic E-state index is 12.8. The molecule has 25 heavy (non-hydrogen) atoms. The van der Waals surface area contributed by atoms with Crippen molar-refractivity contribution in [2.45, 2.75) is 18.2 Å². The van der Waals surface area contributed by atoms with Gasteiger partial charge >= 0.3 is 0 Å². The molecular formula is C19H25ClFNO2S. The van der Waals surface area contributed by atoms with Gasteiger partial charge in [0, 0.05) is 11.4 Å². The molecule has 2 rings (SSSR count). The predicted octanol–water partition coefficient (Wildman–Crippen LogP) is 4.80. The van der Waals surface area contributed by atoms with Gasteiger partial charge in [-0.25, -0.2) is 4.39 Å². The zero-order valence-electron chi connectivity index (χ0n) is 14.4. The molecule has 2 aromatic rings. The third kappa shape index (κ3) is 8.47. The smallest absolute Gasteiger partial charge is 0.161 e. The number of halogens is 2. The van der Waals surface area contributed by atoms with Crippen LogP contribution in [0.4, 0.5) is 4.39 Å². The Hall–Kier alpha value is -1.43. The molecule has 138 valence electrons.